The zero-order valence-electron chi connectivity index (χ0n) is 20.7. The van der Waals surface area contributed by atoms with Gasteiger partial charge in [-0.1, -0.05) is 0 Å². The molecule has 5 rings (SSSR count). The second-order valence-corrected chi connectivity index (χ2v) is 9.68. The summed E-state index contributed by atoms with van der Waals surface area (Å²) in [6.45, 7) is 13.1. The summed E-state index contributed by atoms with van der Waals surface area (Å²) in [7, 11) is 2.35. The maximum absolute atomic E-state index is 2.38. The summed E-state index contributed by atoms with van der Waals surface area (Å²) in [5.74, 6) is 0. The smallest absolute Gasteiger partial charge is 0.184 e. The number of hydrogen-bond donors (Lipinski definition) is 0. The number of quaternary nitrogens is 1. The van der Waals surface area contributed by atoms with E-state index in [1.807, 2.05) is 0 Å². The van der Waals surface area contributed by atoms with Crippen molar-refractivity contribution >= 4 is 0 Å². The lowest BCUT2D eigenvalue weighted by Crippen LogP contribution is -2.40. The molecule has 0 atom stereocenters. The fourth-order valence-electron chi connectivity index (χ4n) is 5.39. The number of likely N-dealkylation sites (tertiary alicyclic amines) is 1. The van der Waals surface area contributed by atoms with Crippen molar-refractivity contribution in [1.29, 1.82) is 0 Å². The Kier molecular flexibility index (Phi) is 9.07. The number of rotatable bonds is 3. The van der Waals surface area contributed by atoms with Crippen molar-refractivity contribution in [1.82, 2.24) is 0 Å². The predicted octanol–water partition coefficient (Wildman–Crippen LogP) is 4.60. The molecule has 1 saturated heterocycles. The van der Waals surface area contributed by atoms with Crippen molar-refractivity contribution in [2.24, 2.45) is 0 Å². The molecule has 0 bridgehead atoms. The summed E-state index contributed by atoms with van der Waals surface area (Å²) in [6, 6.07) is 8.87. The minimum Gasteiger partial charge on any atom is -0.326 e. The molecule has 0 unspecified atom stereocenters. The molecule has 0 amide bonds. The van der Waals surface area contributed by atoms with E-state index in [0.29, 0.717) is 0 Å². The van der Waals surface area contributed by atoms with Crippen LogP contribution in [0.1, 0.15) is 75.4 Å². The maximum Gasteiger partial charge on any atom is 0.184 e. The van der Waals surface area contributed by atoms with Crippen molar-refractivity contribution < 1.29 is 13.6 Å². The monoisotopic (exact) mass is 424 g/mol. The van der Waals surface area contributed by atoms with Crippen LogP contribution in [0.5, 0.6) is 0 Å². The fourth-order valence-corrected chi connectivity index (χ4v) is 5.39. The zero-order chi connectivity index (χ0) is 22.1. The minimum atomic E-state index is 1.11. The molecular weight excluding hydrogens is 378 g/mol. The molecule has 170 valence electrons. The van der Waals surface area contributed by atoms with Crippen LogP contribution in [0.25, 0.3) is 0 Å². The molecule has 3 nitrogen and oxygen atoms in total. The topological polar surface area (TPSA) is 7.76 Å². The van der Waals surface area contributed by atoms with E-state index in [4.69, 9.17) is 0 Å². The van der Waals surface area contributed by atoms with Crippen LogP contribution in [-0.4, -0.2) is 31.2 Å². The molecule has 0 aromatic carbocycles. The van der Waals surface area contributed by atoms with Crippen molar-refractivity contribution in [3.63, 3.8) is 0 Å². The quantitative estimate of drug-likeness (QED) is 0.502. The van der Waals surface area contributed by atoms with Crippen molar-refractivity contribution in [3.05, 3.63) is 59.2 Å². The maximum atomic E-state index is 2.38. The van der Waals surface area contributed by atoms with Crippen LogP contribution in [-0.2, 0) is 38.8 Å². The molecule has 1 fully saturated rings. The lowest BCUT2D eigenvalue weighted by molar-refractivity contribution is -0.895. The third-order valence-corrected chi connectivity index (χ3v) is 7.62. The van der Waals surface area contributed by atoms with Crippen LogP contribution in [0.4, 0.5) is 0 Å². The van der Waals surface area contributed by atoms with Crippen LogP contribution in [0, 0.1) is 0 Å². The van der Waals surface area contributed by atoms with Gasteiger partial charge in [0.05, 0.1) is 26.7 Å². The van der Waals surface area contributed by atoms with E-state index in [0.717, 1.165) is 13.1 Å². The van der Waals surface area contributed by atoms with Gasteiger partial charge in [-0.3, -0.25) is 0 Å². The molecule has 2 aromatic rings. The molecule has 0 saturated carbocycles. The second kappa shape index (κ2) is 11.8. The molecular formula is C28H46N3+3. The van der Waals surface area contributed by atoms with Gasteiger partial charge in [0.2, 0.25) is 0 Å². The Morgan fingerprint density at radius 2 is 1.16 bits per heavy atom. The Morgan fingerprint density at radius 1 is 0.677 bits per heavy atom. The molecule has 3 heteroatoms. The van der Waals surface area contributed by atoms with Gasteiger partial charge in [-0.05, 0) is 65.0 Å². The third-order valence-electron chi connectivity index (χ3n) is 7.62. The lowest BCUT2D eigenvalue weighted by atomic mass is 9.96. The van der Waals surface area contributed by atoms with Gasteiger partial charge in [0.15, 0.2) is 23.8 Å². The highest BCUT2D eigenvalue weighted by Crippen LogP contribution is 2.18. The Hall–Kier alpha value is -1.74. The van der Waals surface area contributed by atoms with Crippen LogP contribution >= 0.6 is 0 Å². The summed E-state index contributed by atoms with van der Waals surface area (Å²) in [4.78, 5) is 0. The van der Waals surface area contributed by atoms with Crippen LogP contribution < -0.4 is 9.13 Å². The molecule has 31 heavy (non-hydrogen) atoms. The first-order valence-electron chi connectivity index (χ1n) is 12.9. The summed E-state index contributed by atoms with van der Waals surface area (Å²) >= 11 is 0. The van der Waals surface area contributed by atoms with Gasteiger partial charge < -0.3 is 4.48 Å². The Labute approximate surface area is 191 Å². The number of pyridine rings is 2. The molecule has 3 heterocycles. The summed E-state index contributed by atoms with van der Waals surface area (Å²) in [5, 5.41) is 0. The van der Waals surface area contributed by atoms with Crippen LogP contribution in [0.2, 0.25) is 0 Å². The third kappa shape index (κ3) is 6.38. The Balaban J connectivity index is 0.000000135. The zero-order valence-corrected chi connectivity index (χ0v) is 20.7. The van der Waals surface area contributed by atoms with Crippen LogP contribution in [0.3, 0.4) is 0 Å². The summed E-state index contributed by atoms with van der Waals surface area (Å²) < 4.78 is 6.07. The molecule has 0 N–H and O–H groups in total. The van der Waals surface area contributed by atoms with E-state index in [1.54, 1.807) is 22.5 Å². The van der Waals surface area contributed by atoms with E-state index >= 15 is 0 Å². The van der Waals surface area contributed by atoms with Gasteiger partial charge in [0, 0.05) is 48.9 Å². The normalized spacial score (nSPS) is 18.2. The number of hydrogen-bond acceptors (Lipinski definition) is 0. The highest BCUT2D eigenvalue weighted by molar-refractivity contribution is 5.20. The molecule has 3 aliphatic rings. The molecule has 1 aliphatic heterocycles. The number of aromatic nitrogens is 2. The van der Waals surface area contributed by atoms with Crippen molar-refractivity contribution in [2.75, 3.05) is 26.7 Å². The van der Waals surface area contributed by atoms with E-state index < -0.39 is 0 Å². The molecule has 2 aliphatic carbocycles. The van der Waals surface area contributed by atoms with Crippen molar-refractivity contribution in [2.45, 2.75) is 91.6 Å². The van der Waals surface area contributed by atoms with Gasteiger partial charge in [-0.2, -0.15) is 0 Å². The molecule has 0 radical (unpaired) electrons. The largest absolute Gasteiger partial charge is 0.326 e. The Bertz CT molecular complexity index is 807. The lowest BCUT2D eigenvalue weighted by Gasteiger charge is -2.26. The van der Waals surface area contributed by atoms with E-state index in [1.165, 1.54) is 81.9 Å². The van der Waals surface area contributed by atoms with E-state index in [2.05, 4.69) is 73.6 Å². The average Bonchev–Trinajstić information content (AvgIpc) is 3.49. The van der Waals surface area contributed by atoms with Crippen molar-refractivity contribution in [3.8, 4) is 0 Å². The predicted molar refractivity (Wildman–Crippen MR) is 129 cm³/mol. The number of aryl methyl sites for hydroxylation is 4. The van der Waals surface area contributed by atoms with E-state index in [-0.39, 0.29) is 0 Å². The van der Waals surface area contributed by atoms with Gasteiger partial charge in [-0.25, -0.2) is 9.13 Å². The fraction of sp³-hybridized carbons (Fsp3) is 0.643. The highest BCUT2D eigenvalue weighted by atomic mass is 15.3. The van der Waals surface area contributed by atoms with Gasteiger partial charge in [-0.15, -0.1) is 0 Å². The second-order valence-electron chi connectivity index (χ2n) is 9.68. The first-order valence-corrected chi connectivity index (χ1v) is 12.9. The van der Waals surface area contributed by atoms with Gasteiger partial charge in [0.25, 0.3) is 0 Å². The Morgan fingerprint density at radius 3 is 1.65 bits per heavy atom. The number of fused-ring (bicyclic) bond motifs is 2. The van der Waals surface area contributed by atoms with Crippen LogP contribution in [0.15, 0.2) is 36.7 Å². The molecule has 0 spiro atoms. The SMILES string of the molecule is CC[N+]1(C)CCCC1.CC[n+]1cccc2c1CCC2.CC[n+]1cccc2c1CCCC2. The molecule has 2 aromatic heterocycles. The average molecular weight is 425 g/mol. The van der Waals surface area contributed by atoms with E-state index in [9.17, 15) is 0 Å². The highest BCUT2D eigenvalue weighted by Gasteiger charge is 2.23. The minimum absolute atomic E-state index is 1.11. The number of nitrogens with zero attached hydrogens (tertiary/aromatic N) is 3. The standard InChI is InChI=1S/C11H16N.C10H14N.C7H16N/c1-2-12-9-5-7-10-6-3-4-8-11(10)12;1-2-11-8-4-6-9-5-3-7-10(9)11;1-3-8(2)6-4-5-7-8/h5,7,9H,2-4,6,8H2,1H3;4,6,8H,2-3,5,7H2,1H3;3-7H2,1-2H3/q3*+1. The first-order chi connectivity index (χ1) is 15.1. The summed E-state index contributed by atoms with van der Waals surface area (Å²) in [5.41, 5.74) is 6.28. The summed E-state index contributed by atoms with van der Waals surface area (Å²) in [6.07, 6.45) is 16.5. The van der Waals surface area contributed by atoms with Gasteiger partial charge >= 0.3 is 0 Å². The van der Waals surface area contributed by atoms with Gasteiger partial charge in [0.1, 0.15) is 13.1 Å². The first kappa shape index (κ1) is 23.9.